The van der Waals surface area contributed by atoms with Crippen molar-refractivity contribution in [3.05, 3.63) is 28.0 Å². The summed E-state index contributed by atoms with van der Waals surface area (Å²) >= 11 is 0. The lowest BCUT2D eigenvalue weighted by molar-refractivity contribution is -0.133. The van der Waals surface area contributed by atoms with Gasteiger partial charge in [-0.3, -0.25) is 9.78 Å². The molecule has 1 atom stereocenters. The van der Waals surface area contributed by atoms with Crippen LogP contribution >= 0.6 is 0 Å². The predicted octanol–water partition coefficient (Wildman–Crippen LogP) is -0.628. The van der Waals surface area contributed by atoms with Gasteiger partial charge >= 0.3 is 5.69 Å². The number of hydrogen-bond donors (Lipinski definition) is 2. The van der Waals surface area contributed by atoms with Crippen molar-refractivity contribution in [2.75, 3.05) is 13.7 Å². The molecule has 0 radical (unpaired) electrons. The molecular formula is C13H19N7O3. The number of fused-ring (bicyclic) bond motifs is 1. The van der Waals surface area contributed by atoms with Crippen molar-refractivity contribution in [1.29, 1.82) is 0 Å². The minimum absolute atomic E-state index is 0.00300. The maximum atomic E-state index is 12.4. The van der Waals surface area contributed by atoms with Gasteiger partial charge in [-0.2, -0.15) is 5.10 Å². The molecule has 3 heterocycles. The quantitative estimate of drug-likeness (QED) is 0.756. The SMILES string of the molecule is COCc1nnc2n1[C@@H](C)CN(C(=O)CCc1n[nH]c(=O)[nH]1)C2. The van der Waals surface area contributed by atoms with Gasteiger partial charge in [0.05, 0.1) is 12.6 Å². The Morgan fingerprint density at radius 3 is 2.96 bits per heavy atom. The second-order valence-corrected chi connectivity index (χ2v) is 5.58. The third kappa shape index (κ3) is 3.16. The molecule has 0 spiro atoms. The predicted molar refractivity (Wildman–Crippen MR) is 78.4 cm³/mol. The number of amides is 1. The summed E-state index contributed by atoms with van der Waals surface area (Å²) in [5, 5.41) is 14.4. The van der Waals surface area contributed by atoms with Crippen LogP contribution in [0.15, 0.2) is 4.79 Å². The Balaban J connectivity index is 1.65. The minimum atomic E-state index is -0.363. The summed E-state index contributed by atoms with van der Waals surface area (Å²) in [6.07, 6.45) is 0.677. The number of methoxy groups -OCH3 is 1. The van der Waals surface area contributed by atoms with Crippen LogP contribution in [0.25, 0.3) is 0 Å². The van der Waals surface area contributed by atoms with Crippen molar-refractivity contribution in [2.45, 2.75) is 39.0 Å². The fourth-order valence-electron chi connectivity index (χ4n) is 2.84. The monoisotopic (exact) mass is 321 g/mol. The van der Waals surface area contributed by atoms with Crippen LogP contribution in [0.4, 0.5) is 0 Å². The van der Waals surface area contributed by atoms with Crippen LogP contribution in [0.1, 0.15) is 36.9 Å². The molecule has 0 fully saturated rings. The van der Waals surface area contributed by atoms with E-state index in [1.807, 2.05) is 11.5 Å². The molecule has 124 valence electrons. The van der Waals surface area contributed by atoms with Crippen LogP contribution in [0.5, 0.6) is 0 Å². The molecule has 0 aliphatic carbocycles. The lowest BCUT2D eigenvalue weighted by Crippen LogP contribution is -2.41. The van der Waals surface area contributed by atoms with Crippen LogP contribution < -0.4 is 5.69 Å². The second kappa shape index (κ2) is 6.32. The zero-order valence-corrected chi connectivity index (χ0v) is 13.1. The molecule has 1 aliphatic rings. The van der Waals surface area contributed by atoms with Gasteiger partial charge in [-0.05, 0) is 6.92 Å². The number of nitrogens with zero attached hydrogens (tertiary/aromatic N) is 5. The van der Waals surface area contributed by atoms with Gasteiger partial charge in [0, 0.05) is 26.5 Å². The Bertz CT molecular complexity index is 747. The van der Waals surface area contributed by atoms with E-state index in [0.29, 0.717) is 31.9 Å². The highest BCUT2D eigenvalue weighted by atomic mass is 16.5. The number of nitrogens with one attached hydrogen (secondary N) is 2. The number of carbonyl (C=O) groups excluding carboxylic acids is 1. The number of ether oxygens (including phenoxy) is 1. The first-order valence-corrected chi connectivity index (χ1v) is 7.41. The highest BCUT2D eigenvalue weighted by Gasteiger charge is 2.28. The van der Waals surface area contributed by atoms with Crippen molar-refractivity contribution >= 4 is 5.91 Å². The van der Waals surface area contributed by atoms with Crippen molar-refractivity contribution in [3.8, 4) is 0 Å². The normalized spacial score (nSPS) is 17.3. The van der Waals surface area contributed by atoms with Crippen LogP contribution in [0, 0.1) is 0 Å². The highest BCUT2D eigenvalue weighted by molar-refractivity contribution is 5.76. The second-order valence-electron chi connectivity index (χ2n) is 5.58. The zero-order chi connectivity index (χ0) is 16.4. The number of aryl methyl sites for hydroxylation is 1. The molecule has 10 heteroatoms. The average molecular weight is 321 g/mol. The Kier molecular flexibility index (Phi) is 4.24. The van der Waals surface area contributed by atoms with Crippen LogP contribution in [-0.2, 0) is 29.1 Å². The van der Waals surface area contributed by atoms with Crippen LogP contribution in [0.3, 0.4) is 0 Å². The van der Waals surface area contributed by atoms with E-state index in [1.165, 1.54) is 0 Å². The van der Waals surface area contributed by atoms with Crippen LogP contribution in [-0.4, -0.2) is 54.4 Å². The van der Waals surface area contributed by atoms with Crippen LogP contribution in [0.2, 0.25) is 0 Å². The van der Waals surface area contributed by atoms with Gasteiger partial charge in [0.15, 0.2) is 11.6 Å². The molecule has 0 bridgehead atoms. The topological polar surface area (TPSA) is 122 Å². The summed E-state index contributed by atoms with van der Waals surface area (Å²) in [4.78, 5) is 27.7. The molecule has 0 aromatic carbocycles. The van der Waals surface area contributed by atoms with Crippen molar-refractivity contribution in [1.82, 2.24) is 34.8 Å². The molecule has 1 aliphatic heterocycles. The lowest BCUT2D eigenvalue weighted by atomic mass is 10.2. The molecule has 0 unspecified atom stereocenters. The Labute approximate surface area is 131 Å². The maximum absolute atomic E-state index is 12.4. The van der Waals surface area contributed by atoms with E-state index >= 15 is 0 Å². The summed E-state index contributed by atoms with van der Waals surface area (Å²) in [7, 11) is 1.62. The molecule has 10 nitrogen and oxygen atoms in total. The van der Waals surface area contributed by atoms with E-state index in [2.05, 4.69) is 25.4 Å². The molecule has 1 amide bonds. The molecule has 0 saturated heterocycles. The number of aromatic amines is 2. The standard InChI is InChI=1S/C13H19N7O3/c1-8-5-19(6-10-16-17-11(7-23-2)20(8)10)12(21)4-3-9-14-13(22)18-15-9/h8H,3-7H2,1-2H3,(H2,14,15,18,22)/t8-/m0/s1. The van der Waals surface area contributed by atoms with Gasteiger partial charge in [0.25, 0.3) is 0 Å². The molecule has 23 heavy (non-hydrogen) atoms. The van der Waals surface area contributed by atoms with Crippen molar-refractivity contribution in [2.24, 2.45) is 0 Å². The van der Waals surface area contributed by atoms with Gasteiger partial charge < -0.3 is 14.2 Å². The summed E-state index contributed by atoms with van der Waals surface area (Å²) in [5.41, 5.74) is -0.363. The van der Waals surface area contributed by atoms with Gasteiger partial charge in [0.1, 0.15) is 12.4 Å². The fraction of sp³-hybridized carbons (Fsp3) is 0.615. The molecule has 2 N–H and O–H groups in total. The summed E-state index contributed by atoms with van der Waals surface area (Å²) in [6, 6.07) is 0.0908. The number of carbonyl (C=O) groups is 1. The fourth-order valence-corrected chi connectivity index (χ4v) is 2.84. The maximum Gasteiger partial charge on any atom is 0.340 e. The molecule has 0 saturated carbocycles. The van der Waals surface area contributed by atoms with E-state index in [9.17, 15) is 9.59 Å². The van der Waals surface area contributed by atoms with E-state index in [4.69, 9.17) is 4.74 Å². The van der Waals surface area contributed by atoms with Gasteiger partial charge in [0.2, 0.25) is 5.91 Å². The molecular weight excluding hydrogens is 302 g/mol. The van der Waals surface area contributed by atoms with Gasteiger partial charge in [-0.1, -0.05) is 0 Å². The summed E-state index contributed by atoms with van der Waals surface area (Å²) in [6.45, 7) is 3.45. The lowest BCUT2D eigenvalue weighted by Gasteiger charge is -2.32. The van der Waals surface area contributed by atoms with E-state index in [0.717, 1.165) is 11.6 Å². The third-order valence-electron chi connectivity index (χ3n) is 3.85. The highest BCUT2D eigenvalue weighted by Crippen LogP contribution is 2.22. The number of rotatable bonds is 5. The average Bonchev–Trinajstić information content (AvgIpc) is 3.12. The Morgan fingerprint density at radius 2 is 2.26 bits per heavy atom. The third-order valence-corrected chi connectivity index (χ3v) is 3.85. The minimum Gasteiger partial charge on any atom is -0.377 e. The van der Waals surface area contributed by atoms with E-state index in [-0.39, 0.29) is 24.1 Å². The molecule has 2 aromatic heterocycles. The Morgan fingerprint density at radius 1 is 1.43 bits per heavy atom. The number of aromatic nitrogens is 6. The molecule has 2 aromatic rings. The summed E-state index contributed by atoms with van der Waals surface area (Å²) in [5.74, 6) is 2.02. The molecule has 3 rings (SSSR count). The van der Waals surface area contributed by atoms with Gasteiger partial charge in [-0.15, -0.1) is 10.2 Å². The first-order valence-electron chi connectivity index (χ1n) is 7.41. The van der Waals surface area contributed by atoms with E-state index in [1.54, 1.807) is 12.0 Å². The first kappa shape index (κ1) is 15.4. The van der Waals surface area contributed by atoms with Crippen molar-refractivity contribution in [3.63, 3.8) is 0 Å². The van der Waals surface area contributed by atoms with E-state index < -0.39 is 0 Å². The smallest absolute Gasteiger partial charge is 0.340 e. The zero-order valence-electron chi connectivity index (χ0n) is 13.1. The number of hydrogen-bond acceptors (Lipinski definition) is 6. The Hall–Kier alpha value is -2.49. The largest absolute Gasteiger partial charge is 0.377 e. The summed E-state index contributed by atoms with van der Waals surface area (Å²) < 4.78 is 7.15. The van der Waals surface area contributed by atoms with Crippen molar-refractivity contribution < 1.29 is 9.53 Å². The van der Waals surface area contributed by atoms with Gasteiger partial charge in [-0.25, -0.2) is 9.89 Å². The number of H-pyrrole nitrogens is 2. The first-order chi connectivity index (χ1) is 11.1.